The number of imidazole rings is 3. The highest BCUT2D eigenvalue weighted by Crippen LogP contribution is 2.17. The normalized spacial score (nSPS) is 11.1. The summed E-state index contributed by atoms with van der Waals surface area (Å²) >= 11 is 0. The summed E-state index contributed by atoms with van der Waals surface area (Å²) in [5.41, 5.74) is 4.53. The number of aromatic amines is 2. The van der Waals surface area contributed by atoms with Gasteiger partial charge in [0.25, 0.3) is 11.1 Å². The molecule has 0 aliphatic rings. The van der Waals surface area contributed by atoms with Crippen LogP contribution in [0.5, 0.6) is 0 Å². The van der Waals surface area contributed by atoms with Gasteiger partial charge in [0.2, 0.25) is 0 Å². The van der Waals surface area contributed by atoms with Crippen molar-refractivity contribution in [3.8, 4) is 0 Å². The molecule has 6 heterocycles. The lowest BCUT2D eigenvalue weighted by Gasteiger charge is -2.07. The third-order valence-corrected chi connectivity index (χ3v) is 6.29. The Balaban J connectivity index is 0.000000171. The highest BCUT2D eigenvalue weighted by atomic mass is 16.1. The number of nitrogens with zero attached hydrogens (tertiary/aromatic N) is 10. The molecule has 0 atom stereocenters. The molecular formula is C28H40N12O2. The largest absolute Gasteiger partial charge is 0.313 e. The van der Waals surface area contributed by atoms with Crippen LogP contribution in [-0.2, 0) is 0 Å². The second-order valence-electron chi connectivity index (χ2n) is 10.5. The molecule has 0 spiro atoms. The molecule has 0 fully saturated rings. The van der Waals surface area contributed by atoms with Crippen molar-refractivity contribution in [1.82, 2.24) is 58.6 Å². The molecule has 0 aliphatic carbocycles. The van der Waals surface area contributed by atoms with Gasteiger partial charge in [0, 0.05) is 18.1 Å². The second-order valence-corrected chi connectivity index (χ2v) is 10.5. The van der Waals surface area contributed by atoms with Crippen LogP contribution in [0.2, 0.25) is 0 Å². The Labute approximate surface area is 243 Å². The van der Waals surface area contributed by atoms with Crippen LogP contribution < -0.4 is 11.1 Å². The van der Waals surface area contributed by atoms with Crippen LogP contribution >= 0.6 is 0 Å². The predicted octanol–water partition coefficient (Wildman–Crippen LogP) is 4.37. The summed E-state index contributed by atoms with van der Waals surface area (Å²) in [5.74, 6) is 1.42. The van der Waals surface area contributed by atoms with Gasteiger partial charge < -0.3 is 23.7 Å². The van der Waals surface area contributed by atoms with E-state index in [1.165, 1.54) is 6.33 Å². The van der Waals surface area contributed by atoms with Crippen LogP contribution in [0.4, 0.5) is 0 Å². The maximum Gasteiger partial charge on any atom is 0.279 e. The molecule has 0 unspecified atom stereocenters. The van der Waals surface area contributed by atoms with E-state index < -0.39 is 0 Å². The zero-order valence-electron chi connectivity index (χ0n) is 24.8. The Morgan fingerprint density at radius 2 is 1.10 bits per heavy atom. The van der Waals surface area contributed by atoms with Gasteiger partial charge >= 0.3 is 0 Å². The average Bonchev–Trinajstić information content (AvgIpc) is 3.62. The third-order valence-electron chi connectivity index (χ3n) is 6.29. The number of aromatic nitrogens is 12. The minimum absolute atomic E-state index is 0. The number of hydrogen-bond acceptors (Lipinski definition) is 9. The Kier molecular flexibility index (Phi) is 9.71. The smallest absolute Gasteiger partial charge is 0.279 e. The van der Waals surface area contributed by atoms with E-state index in [1.807, 2.05) is 57.0 Å². The fourth-order valence-electron chi connectivity index (χ4n) is 4.23. The first-order valence-electron chi connectivity index (χ1n) is 13.4. The summed E-state index contributed by atoms with van der Waals surface area (Å²) in [5, 5.41) is 0. The molecule has 224 valence electrons. The molecular weight excluding hydrogens is 536 g/mol. The lowest BCUT2D eigenvalue weighted by Crippen LogP contribution is -2.11. The van der Waals surface area contributed by atoms with Crippen molar-refractivity contribution in [1.29, 1.82) is 0 Å². The van der Waals surface area contributed by atoms with Crippen LogP contribution in [-0.4, -0.2) is 58.6 Å². The summed E-state index contributed by atoms with van der Waals surface area (Å²) in [6, 6.07) is 0.904. The van der Waals surface area contributed by atoms with Crippen molar-refractivity contribution < 1.29 is 0 Å². The van der Waals surface area contributed by atoms with Crippen molar-refractivity contribution in [2.24, 2.45) is 0 Å². The highest BCUT2D eigenvalue weighted by Gasteiger charge is 2.11. The topological polar surface area (TPSA) is 171 Å². The van der Waals surface area contributed by atoms with Gasteiger partial charge in [-0.15, -0.1) is 0 Å². The van der Waals surface area contributed by atoms with E-state index in [2.05, 4.69) is 63.3 Å². The number of H-pyrrole nitrogens is 2. The predicted molar refractivity (Wildman–Crippen MR) is 164 cm³/mol. The zero-order chi connectivity index (χ0) is 30.0. The molecule has 2 N–H and O–H groups in total. The second kappa shape index (κ2) is 12.8. The van der Waals surface area contributed by atoms with Crippen molar-refractivity contribution in [2.75, 3.05) is 0 Å². The van der Waals surface area contributed by atoms with Gasteiger partial charge in [0.1, 0.15) is 17.2 Å². The van der Waals surface area contributed by atoms with Gasteiger partial charge in [0.05, 0.1) is 31.0 Å². The van der Waals surface area contributed by atoms with Crippen molar-refractivity contribution in [3.63, 3.8) is 0 Å². The molecule has 0 bridgehead atoms. The van der Waals surface area contributed by atoms with Crippen molar-refractivity contribution in [3.05, 3.63) is 63.4 Å². The van der Waals surface area contributed by atoms with Crippen LogP contribution in [0.25, 0.3) is 33.5 Å². The number of nitrogens with one attached hydrogen (secondary N) is 2. The Bertz CT molecular complexity index is 1920. The summed E-state index contributed by atoms with van der Waals surface area (Å²) in [4.78, 5) is 57.2. The minimum atomic E-state index is -0.190. The standard InChI is InChI=1S/C10H14N4.C9H12N4O.C8H10N4O.CH4/c1-6(2)14-5-11-9-7(3)12-8(4)13-10(9)14;1-5(2)13-4-10-7-8(13)11-6(3)12-9(7)14;1-5(2)12-4-11-6-7(12)9-3-10-8(6)13;/h5-6H,1-4H3;4-5H,1-3H3,(H,11,12,14);3-5H,1-2H3,(H,9,10,13);1H4. The number of aryl methyl sites for hydroxylation is 3. The summed E-state index contributed by atoms with van der Waals surface area (Å²) in [7, 11) is 0. The molecule has 0 aliphatic heterocycles. The van der Waals surface area contributed by atoms with Crippen LogP contribution in [0.15, 0.2) is 34.9 Å². The van der Waals surface area contributed by atoms with E-state index in [-0.39, 0.29) is 30.6 Å². The molecule has 0 amide bonds. The minimum Gasteiger partial charge on any atom is -0.313 e. The van der Waals surface area contributed by atoms with Crippen molar-refractivity contribution >= 4 is 33.5 Å². The van der Waals surface area contributed by atoms with E-state index in [4.69, 9.17) is 0 Å². The summed E-state index contributed by atoms with van der Waals surface area (Å²) in [6.07, 6.45) is 6.51. The monoisotopic (exact) mass is 576 g/mol. The maximum absolute atomic E-state index is 11.5. The van der Waals surface area contributed by atoms with Gasteiger partial charge in [0.15, 0.2) is 28.0 Å². The molecule has 0 aromatic carbocycles. The van der Waals surface area contributed by atoms with E-state index in [0.717, 1.165) is 22.7 Å². The Hall–Kier alpha value is -4.75. The Morgan fingerprint density at radius 3 is 1.64 bits per heavy atom. The summed E-state index contributed by atoms with van der Waals surface area (Å²) < 4.78 is 5.82. The van der Waals surface area contributed by atoms with Gasteiger partial charge in [-0.2, -0.15) is 0 Å². The number of hydrogen-bond donors (Lipinski definition) is 2. The van der Waals surface area contributed by atoms with E-state index in [9.17, 15) is 9.59 Å². The summed E-state index contributed by atoms with van der Waals surface area (Å²) in [6.45, 7) is 18.0. The molecule has 6 aromatic rings. The quantitative estimate of drug-likeness (QED) is 0.310. The van der Waals surface area contributed by atoms with Gasteiger partial charge in [-0.1, -0.05) is 7.43 Å². The zero-order valence-corrected chi connectivity index (χ0v) is 24.8. The van der Waals surface area contributed by atoms with Gasteiger partial charge in [-0.3, -0.25) is 9.59 Å². The number of fused-ring (bicyclic) bond motifs is 3. The molecule has 6 rings (SSSR count). The molecule has 42 heavy (non-hydrogen) atoms. The van der Waals surface area contributed by atoms with Crippen molar-refractivity contribution in [2.45, 2.75) is 87.9 Å². The fraction of sp³-hybridized carbons (Fsp3) is 0.464. The molecule has 14 nitrogen and oxygen atoms in total. The molecule has 0 saturated carbocycles. The first-order chi connectivity index (χ1) is 19.4. The molecule has 0 saturated heterocycles. The lowest BCUT2D eigenvalue weighted by atomic mass is 10.3. The van der Waals surface area contributed by atoms with Crippen LogP contribution in [0, 0.1) is 20.8 Å². The first kappa shape index (κ1) is 31.8. The van der Waals surface area contributed by atoms with E-state index in [0.29, 0.717) is 34.2 Å². The molecule has 14 heteroatoms. The van der Waals surface area contributed by atoms with Crippen LogP contribution in [0.1, 0.15) is 84.4 Å². The average molecular weight is 577 g/mol. The molecule has 6 aromatic heterocycles. The Morgan fingerprint density at radius 1 is 0.619 bits per heavy atom. The van der Waals surface area contributed by atoms with E-state index >= 15 is 0 Å². The fourth-order valence-corrected chi connectivity index (χ4v) is 4.23. The van der Waals surface area contributed by atoms with Gasteiger partial charge in [-0.05, 0) is 62.3 Å². The number of rotatable bonds is 3. The van der Waals surface area contributed by atoms with Crippen LogP contribution in [0.3, 0.4) is 0 Å². The third kappa shape index (κ3) is 6.42. The highest BCUT2D eigenvalue weighted by molar-refractivity contribution is 5.73. The lowest BCUT2D eigenvalue weighted by molar-refractivity contribution is 0.612. The van der Waals surface area contributed by atoms with E-state index in [1.54, 1.807) is 19.6 Å². The maximum atomic E-state index is 11.5. The van der Waals surface area contributed by atoms with Gasteiger partial charge in [-0.25, -0.2) is 34.9 Å². The molecule has 0 radical (unpaired) electrons. The first-order valence-corrected chi connectivity index (χ1v) is 13.4. The SMILES string of the molecule is C.CC(C)n1cnc2c(=O)[nH]cnc21.Cc1nc(C)c2ncn(C(C)C)c2n1.Cc1nc2c(ncn2C(C)C)c(=O)[nH]1.